The Bertz CT molecular complexity index is 682. The van der Waals surface area contributed by atoms with Crippen molar-refractivity contribution in [3.63, 3.8) is 0 Å². The van der Waals surface area contributed by atoms with Gasteiger partial charge in [-0.15, -0.1) is 5.10 Å². The Hall–Kier alpha value is -1.34. The Labute approximate surface area is 132 Å². The second kappa shape index (κ2) is 7.09. The van der Waals surface area contributed by atoms with Gasteiger partial charge in [0.05, 0.1) is 0 Å². The molecule has 2 aromatic rings. The first kappa shape index (κ1) is 16.0. The molecule has 0 aromatic carbocycles. The summed E-state index contributed by atoms with van der Waals surface area (Å²) in [6.45, 7) is 6.57. The van der Waals surface area contributed by atoms with Gasteiger partial charge >= 0.3 is 5.69 Å². The summed E-state index contributed by atoms with van der Waals surface area (Å²) >= 11 is 7.51. The molecule has 8 heteroatoms. The molecule has 114 valence electrons. The van der Waals surface area contributed by atoms with Crippen LogP contribution < -0.4 is 5.69 Å². The normalized spacial score (nSPS) is 11.0. The molecule has 2 rings (SSSR count). The summed E-state index contributed by atoms with van der Waals surface area (Å²) in [5.74, 6) is 0.718. The second-order valence-electron chi connectivity index (χ2n) is 4.68. The van der Waals surface area contributed by atoms with Crippen molar-refractivity contribution < 1.29 is 0 Å². The van der Waals surface area contributed by atoms with Crippen molar-refractivity contribution in [2.24, 2.45) is 0 Å². The van der Waals surface area contributed by atoms with Gasteiger partial charge in [-0.1, -0.05) is 25.4 Å². The number of H-pyrrole nitrogens is 1. The Kier molecular flexibility index (Phi) is 5.41. The molecule has 0 atom stereocenters. The minimum atomic E-state index is -0.203. The van der Waals surface area contributed by atoms with Gasteiger partial charge in [0.2, 0.25) is 0 Å². The zero-order valence-corrected chi connectivity index (χ0v) is 13.9. The smallest absolute Gasteiger partial charge is 0.270 e. The van der Waals surface area contributed by atoms with Crippen LogP contribution >= 0.6 is 23.4 Å². The van der Waals surface area contributed by atoms with Gasteiger partial charge in [-0.25, -0.2) is 19.9 Å². The zero-order valence-electron chi connectivity index (χ0n) is 12.3. The van der Waals surface area contributed by atoms with E-state index in [1.54, 1.807) is 4.57 Å². The van der Waals surface area contributed by atoms with E-state index in [0.717, 1.165) is 35.7 Å². The van der Waals surface area contributed by atoms with E-state index in [2.05, 4.69) is 27.1 Å². The topological polar surface area (TPSA) is 76.5 Å². The van der Waals surface area contributed by atoms with Crippen molar-refractivity contribution in [2.45, 2.75) is 56.8 Å². The summed E-state index contributed by atoms with van der Waals surface area (Å²) in [6, 6.07) is 0. The lowest BCUT2D eigenvalue weighted by molar-refractivity contribution is 0.603. The van der Waals surface area contributed by atoms with E-state index < -0.39 is 0 Å². The first-order chi connectivity index (χ1) is 10.1. The predicted molar refractivity (Wildman–Crippen MR) is 83.0 cm³/mol. The van der Waals surface area contributed by atoms with Gasteiger partial charge in [-0.2, -0.15) is 0 Å². The molecule has 0 amide bonds. The van der Waals surface area contributed by atoms with Crippen LogP contribution in [0.25, 0.3) is 0 Å². The summed E-state index contributed by atoms with van der Waals surface area (Å²) in [5, 5.41) is 8.34. The van der Waals surface area contributed by atoms with Gasteiger partial charge in [-0.3, -0.25) is 4.57 Å². The zero-order chi connectivity index (χ0) is 15.4. The van der Waals surface area contributed by atoms with Crippen LogP contribution in [0.4, 0.5) is 0 Å². The van der Waals surface area contributed by atoms with Crippen LogP contribution in [0.1, 0.15) is 38.1 Å². The van der Waals surface area contributed by atoms with Crippen molar-refractivity contribution in [1.29, 1.82) is 0 Å². The standard InChI is InChI=1S/C13H18ClN5OS/c1-4-6-9-15-10(14)8(3)11(16-9)21-13-18-17-12(20)19(13)7-5-2/h4-7H2,1-3H3,(H,17,20). The number of nitrogens with one attached hydrogen (secondary N) is 1. The van der Waals surface area contributed by atoms with E-state index in [9.17, 15) is 4.79 Å². The molecule has 0 spiro atoms. The third-order valence-electron chi connectivity index (χ3n) is 2.92. The number of hydrogen-bond acceptors (Lipinski definition) is 5. The Morgan fingerprint density at radius 2 is 2.05 bits per heavy atom. The van der Waals surface area contributed by atoms with E-state index in [1.165, 1.54) is 11.8 Å². The molecule has 0 aliphatic carbocycles. The maximum atomic E-state index is 11.7. The monoisotopic (exact) mass is 327 g/mol. The molecule has 0 aliphatic heterocycles. The molecule has 0 fully saturated rings. The van der Waals surface area contributed by atoms with Gasteiger partial charge in [0, 0.05) is 18.5 Å². The van der Waals surface area contributed by atoms with Crippen LogP contribution in [0.5, 0.6) is 0 Å². The largest absolute Gasteiger partial charge is 0.343 e. The molecular weight excluding hydrogens is 310 g/mol. The van der Waals surface area contributed by atoms with Gasteiger partial charge in [0.1, 0.15) is 16.0 Å². The lowest BCUT2D eigenvalue weighted by Gasteiger charge is -2.08. The summed E-state index contributed by atoms with van der Waals surface area (Å²) < 4.78 is 1.61. The Morgan fingerprint density at radius 1 is 1.29 bits per heavy atom. The van der Waals surface area contributed by atoms with Crippen molar-refractivity contribution in [2.75, 3.05) is 0 Å². The number of aromatic amines is 1. The second-order valence-corrected chi connectivity index (χ2v) is 5.99. The van der Waals surface area contributed by atoms with Gasteiger partial charge < -0.3 is 0 Å². The number of aromatic nitrogens is 5. The van der Waals surface area contributed by atoms with Gasteiger partial charge in [0.15, 0.2) is 5.16 Å². The number of rotatable bonds is 6. The van der Waals surface area contributed by atoms with Crippen LogP contribution in [0.2, 0.25) is 5.15 Å². The van der Waals surface area contributed by atoms with Crippen molar-refractivity contribution in [3.8, 4) is 0 Å². The lowest BCUT2D eigenvalue weighted by atomic mass is 10.3. The number of halogens is 1. The van der Waals surface area contributed by atoms with Crippen molar-refractivity contribution in [1.82, 2.24) is 24.7 Å². The molecule has 0 saturated carbocycles. The third kappa shape index (κ3) is 3.65. The minimum absolute atomic E-state index is 0.203. The van der Waals surface area contributed by atoms with E-state index >= 15 is 0 Å². The Morgan fingerprint density at radius 3 is 2.71 bits per heavy atom. The first-order valence-corrected chi connectivity index (χ1v) is 8.12. The average Bonchev–Trinajstić information content (AvgIpc) is 2.78. The average molecular weight is 328 g/mol. The fourth-order valence-electron chi connectivity index (χ4n) is 1.83. The third-order valence-corrected chi connectivity index (χ3v) is 4.37. The molecule has 2 heterocycles. The first-order valence-electron chi connectivity index (χ1n) is 6.92. The van der Waals surface area contributed by atoms with Crippen molar-refractivity contribution in [3.05, 3.63) is 27.0 Å². The van der Waals surface area contributed by atoms with Crippen LogP contribution in [-0.2, 0) is 13.0 Å². The summed E-state index contributed by atoms with van der Waals surface area (Å²) in [4.78, 5) is 20.5. The highest BCUT2D eigenvalue weighted by molar-refractivity contribution is 7.99. The molecule has 1 N–H and O–H groups in total. The molecule has 2 aromatic heterocycles. The van der Waals surface area contributed by atoms with E-state index in [4.69, 9.17) is 11.6 Å². The highest BCUT2D eigenvalue weighted by Crippen LogP contribution is 2.29. The highest BCUT2D eigenvalue weighted by Gasteiger charge is 2.15. The van der Waals surface area contributed by atoms with Crippen LogP contribution in [0.15, 0.2) is 15.0 Å². The van der Waals surface area contributed by atoms with Crippen LogP contribution in [0.3, 0.4) is 0 Å². The highest BCUT2D eigenvalue weighted by atomic mass is 35.5. The maximum Gasteiger partial charge on any atom is 0.343 e. The molecule has 0 radical (unpaired) electrons. The number of hydrogen-bond donors (Lipinski definition) is 1. The summed E-state index contributed by atoms with van der Waals surface area (Å²) in [5.41, 5.74) is 0.603. The molecular formula is C13H18ClN5OS. The lowest BCUT2D eigenvalue weighted by Crippen LogP contribution is -2.17. The number of aryl methyl sites for hydroxylation is 1. The van der Waals surface area contributed by atoms with Crippen LogP contribution in [0, 0.1) is 6.92 Å². The van der Waals surface area contributed by atoms with E-state index in [0.29, 0.717) is 16.9 Å². The van der Waals surface area contributed by atoms with Gasteiger partial charge in [-0.05, 0) is 31.5 Å². The van der Waals surface area contributed by atoms with Gasteiger partial charge in [0.25, 0.3) is 0 Å². The van der Waals surface area contributed by atoms with Crippen LogP contribution in [-0.4, -0.2) is 24.7 Å². The maximum absolute atomic E-state index is 11.7. The molecule has 0 bridgehead atoms. The SMILES string of the molecule is CCCc1nc(Cl)c(C)c(Sc2n[nH]c(=O)n2CCC)n1. The predicted octanol–water partition coefficient (Wildman–Crippen LogP) is 2.84. The van der Waals surface area contributed by atoms with E-state index in [-0.39, 0.29) is 5.69 Å². The molecule has 0 unspecified atom stereocenters. The molecule has 6 nitrogen and oxygen atoms in total. The molecule has 0 saturated heterocycles. The fraction of sp³-hybridized carbons (Fsp3) is 0.538. The molecule has 0 aliphatic rings. The van der Waals surface area contributed by atoms with E-state index in [1.807, 2.05) is 13.8 Å². The quantitative estimate of drug-likeness (QED) is 0.825. The minimum Gasteiger partial charge on any atom is -0.270 e. The number of nitrogens with zero attached hydrogens (tertiary/aromatic N) is 4. The summed E-state index contributed by atoms with van der Waals surface area (Å²) in [7, 11) is 0. The van der Waals surface area contributed by atoms with Crippen molar-refractivity contribution >= 4 is 23.4 Å². The fourth-order valence-corrected chi connectivity index (χ4v) is 3.03. The Balaban J connectivity index is 2.37. The molecule has 21 heavy (non-hydrogen) atoms. The summed E-state index contributed by atoms with van der Waals surface area (Å²) in [6.07, 6.45) is 2.58.